The van der Waals surface area contributed by atoms with Crippen molar-refractivity contribution in [1.29, 1.82) is 5.26 Å². The number of benzene rings is 2. The number of carbonyl (C=O) groups is 1. The van der Waals surface area contributed by atoms with E-state index in [0.717, 1.165) is 12.3 Å². The number of nitrogens with zero attached hydrogens (tertiary/aromatic N) is 1. The Morgan fingerprint density at radius 1 is 1.24 bits per heavy atom. The fourth-order valence-electron chi connectivity index (χ4n) is 2.66. The molecule has 5 nitrogen and oxygen atoms in total. The lowest BCUT2D eigenvalue weighted by Gasteiger charge is -2.09. The Balaban J connectivity index is 2.21. The van der Waals surface area contributed by atoms with Gasteiger partial charge in [0, 0.05) is 12.6 Å². The number of aromatic amines is 1. The molecule has 1 heterocycles. The molecule has 2 aromatic carbocycles. The van der Waals surface area contributed by atoms with Crippen molar-refractivity contribution in [3.63, 3.8) is 0 Å². The molecule has 0 radical (unpaired) electrons. The first-order chi connectivity index (χ1) is 11.9. The number of nitriles is 1. The average molecular weight is 340 g/mol. The first kappa shape index (κ1) is 16.3. The predicted molar refractivity (Wildman–Crippen MR) is 85.4 cm³/mol. The van der Waals surface area contributed by atoms with E-state index in [0.29, 0.717) is 11.1 Å². The molecule has 0 aliphatic carbocycles. The fraction of sp³-hybridized carbons (Fsp3) is 0.0556. The van der Waals surface area contributed by atoms with Crippen LogP contribution >= 0.6 is 0 Å². The molecule has 0 saturated heterocycles. The molecule has 0 bridgehead atoms. The number of aromatic nitrogens is 1. The van der Waals surface area contributed by atoms with Gasteiger partial charge in [-0.3, -0.25) is 4.79 Å². The van der Waals surface area contributed by atoms with E-state index in [1.807, 2.05) is 6.07 Å². The second kappa shape index (κ2) is 6.17. The maximum atomic E-state index is 14.7. The highest BCUT2D eigenvalue weighted by Gasteiger charge is 2.20. The average Bonchev–Trinajstić information content (AvgIpc) is 2.59. The molecule has 3 rings (SSSR count). The number of carboxylic acid groups (broad SMARTS) is 1. The molecule has 0 amide bonds. The molecule has 2 N–H and O–H groups in total. The third kappa shape index (κ3) is 2.74. The van der Waals surface area contributed by atoms with Crippen LogP contribution in [0.15, 0.2) is 41.3 Å². The van der Waals surface area contributed by atoms with Gasteiger partial charge in [-0.2, -0.15) is 5.26 Å². The summed E-state index contributed by atoms with van der Waals surface area (Å²) in [4.78, 5) is 25.4. The summed E-state index contributed by atoms with van der Waals surface area (Å²) in [5.74, 6) is -3.42. The standard InChI is InChI=1S/C18H10F2N2O3/c19-13-6-11(5-9-3-1-2-4-10(9)7-21)15(20)16-14(13)17(23)12(8-22-16)18(24)25/h1-4,6,8H,5H2,(H,22,23)(H,24,25). The third-order valence-electron chi connectivity index (χ3n) is 3.87. The van der Waals surface area contributed by atoms with E-state index in [4.69, 9.17) is 10.4 Å². The topological polar surface area (TPSA) is 93.9 Å². The molecular weight excluding hydrogens is 330 g/mol. The van der Waals surface area contributed by atoms with Crippen molar-refractivity contribution in [2.24, 2.45) is 0 Å². The van der Waals surface area contributed by atoms with E-state index in [1.165, 1.54) is 0 Å². The maximum Gasteiger partial charge on any atom is 0.341 e. The van der Waals surface area contributed by atoms with Gasteiger partial charge in [0.25, 0.3) is 0 Å². The van der Waals surface area contributed by atoms with Crippen molar-refractivity contribution in [3.05, 3.63) is 80.6 Å². The third-order valence-corrected chi connectivity index (χ3v) is 3.87. The van der Waals surface area contributed by atoms with Gasteiger partial charge < -0.3 is 10.1 Å². The molecule has 0 saturated carbocycles. The Morgan fingerprint density at radius 3 is 2.64 bits per heavy atom. The molecule has 0 spiro atoms. The highest BCUT2D eigenvalue weighted by molar-refractivity contribution is 5.92. The van der Waals surface area contributed by atoms with Gasteiger partial charge in [0.2, 0.25) is 5.43 Å². The van der Waals surface area contributed by atoms with Gasteiger partial charge in [0.15, 0.2) is 5.82 Å². The number of pyridine rings is 1. The quantitative estimate of drug-likeness (QED) is 0.766. The Kier molecular flexibility index (Phi) is 4.03. The summed E-state index contributed by atoms with van der Waals surface area (Å²) < 4.78 is 29.1. The fourth-order valence-corrected chi connectivity index (χ4v) is 2.66. The monoisotopic (exact) mass is 340 g/mol. The molecule has 124 valence electrons. The number of fused-ring (bicyclic) bond motifs is 1. The lowest BCUT2D eigenvalue weighted by molar-refractivity contribution is 0.0695. The van der Waals surface area contributed by atoms with Crippen LogP contribution in [-0.2, 0) is 6.42 Å². The van der Waals surface area contributed by atoms with Crippen molar-refractivity contribution in [2.75, 3.05) is 0 Å². The molecule has 0 atom stereocenters. The Labute approximate surface area is 139 Å². The number of halogens is 2. The Morgan fingerprint density at radius 2 is 1.96 bits per heavy atom. The van der Waals surface area contributed by atoms with Crippen LogP contribution < -0.4 is 5.43 Å². The van der Waals surface area contributed by atoms with Crippen LogP contribution in [0.2, 0.25) is 0 Å². The molecule has 0 unspecified atom stereocenters. The minimum Gasteiger partial charge on any atom is -0.477 e. The summed E-state index contributed by atoms with van der Waals surface area (Å²) in [5.41, 5.74) is -1.38. The van der Waals surface area contributed by atoms with Crippen LogP contribution in [0.4, 0.5) is 8.78 Å². The second-order valence-corrected chi connectivity index (χ2v) is 5.36. The number of H-pyrrole nitrogens is 1. The van der Waals surface area contributed by atoms with Crippen LogP contribution in [0.5, 0.6) is 0 Å². The zero-order valence-electron chi connectivity index (χ0n) is 12.6. The smallest absolute Gasteiger partial charge is 0.341 e. The van der Waals surface area contributed by atoms with E-state index >= 15 is 0 Å². The maximum absolute atomic E-state index is 14.7. The normalized spacial score (nSPS) is 10.6. The van der Waals surface area contributed by atoms with Gasteiger partial charge in [-0.05, 0) is 23.3 Å². The van der Waals surface area contributed by atoms with Gasteiger partial charge in [-0.1, -0.05) is 18.2 Å². The summed E-state index contributed by atoms with van der Waals surface area (Å²) in [5, 5.41) is 17.4. The van der Waals surface area contributed by atoms with E-state index in [1.54, 1.807) is 24.3 Å². The van der Waals surface area contributed by atoms with Gasteiger partial charge in [-0.15, -0.1) is 0 Å². The van der Waals surface area contributed by atoms with Crippen LogP contribution in [-0.4, -0.2) is 16.1 Å². The Hall–Kier alpha value is -3.53. The Bertz CT molecular complexity index is 1110. The lowest BCUT2D eigenvalue weighted by atomic mass is 9.98. The molecular formula is C18H10F2N2O3. The number of carboxylic acids is 1. The van der Waals surface area contributed by atoms with E-state index < -0.39 is 39.5 Å². The number of aromatic carboxylic acids is 1. The number of hydrogen-bond donors (Lipinski definition) is 2. The van der Waals surface area contributed by atoms with E-state index in [9.17, 15) is 18.4 Å². The largest absolute Gasteiger partial charge is 0.477 e. The summed E-state index contributed by atoms with van der Waals surface area (Å²) in [7, 11) is 0. The summed E-state index contributed by atoms with van der Waals surface area (Å²) in [6, 6.07) is 9.34. The SMILES string of the molecule is N#Cc1ccccc1Cc1cc(F)c2c(=O)c(C(=O)O)c[nH]c2c1F. The molecule has 1 aromatic heterocycles. The summed E-state index contributed by atoms with van der Waals surface area (Å²) >= 11 is 0. The van der Waals surface area contributed by atoms with E-state index in [2.05, 4.69) is 4.98 Å². The summed E-state index contributed by atoms with van der Waals surface area (Å²) in [6.07, 6.45) is 0.785. The van der Waals surface area contributed by atoms with Crippen LogP contribution in [0.25, 0.3) is 10.9 Å². The second-order valence-electron chi connectivity index (χ2n) is 5.36. The van der Waals surface area contributed by atoms with E-state index in [-0.39, 0.29) is 12.0 Å². The minimum atomic E-state index is -1.53. The molecule has 0 aliphatic rings. The van der Waals surface area contributed by atoms with Crippen LogP contribution in [0.3, 0.4) is 0 Å². The number of nitrogens with one attached hydrogen (secondary N) is 1. The minimum absolute atomic E-state index is 0.0496. The van der Waals surface area contributed by atoms with Gasteiger partial charge in [-0.25, -0.2) is 13.6 Å². The highest BCUT2D eigenvalue weighted by Crippen LogP contribution is 2.24. The van der Waals surface area contributed by atoms with Crippen molar-refractivity contribution in [3.8, 4) is 6.07 Å². The predicted octanol–water partition coefficient (Wildman–Crippen LogP) is 2.97. The molecule has 3 aromatic rings. The van der Waals surface area contributed by atoms with Crippen molar-refractivity contribution in [1.82, 2.24) is 4.98 Å². The molecule has 25 heavy (non-hydrogen) atoms. The van der Waals surface area contributed by atoms with Crippen LogP contribution in [0, 0.1) is 23.0 Å². The summed E-state index contributed by atoms with van der Waals surface area (Å²) in [6.45, 7) is 0. The number of rotatable bonds is 3. The van der Waals surface area contributed by atoms with Crippen molar-refractivity contribution >= 4 is 16.9 Å². The highest BCUT2D eigenvalue weighted by atomic mass is 19.1. The first-order valence-electron chi connectivity index (χ1n) is 7.17. The van der Waals surface area contributed by atoms with Gasteiger partial charge in [0.05, 0.1) is 22.5 Å². The van der Waals surface area contributed by atoms with Crippen LogP contribution in [0.1, 0.15) is 27.0 Å². The van der Waals surface area contributed by atoms with Crippen molar-refractivity contribution < 1.29 is 18.7 Å². The number of hydrogen-bond acceptors (Lipinski definition) is 3. The first-order valence-corrected chi connectivity index (χ1v) is 7.17. The van der Waals surface area contributed by atoms with Crippen molar-refractivity contribution in [2.45, 2.75) is 6.42 Å². The lowest BCUT2D eigenvalue weighted by Crippen LogP contribution is -2.17. The zero-order valence-corrected chi connectivity index (χ0v) is 12.6. The zero-order chi connectivity index (χ0) is 18.1. The van der Waals surface area contributed by atoms with Gasteiger partial charge in [0.1, 0.15) is 11.4 Å². The molecule has 7 heteroatoms. The van der Waals surface area contributed by atoms with Gasteiger partial charge >= 0.3 is 5.97 Å². The molecule has 0 aliphatic heterocycles. The molecule has 0 fully saturated rings.